The first kappa shape index (κ1) is 50.5. The van der Waals surface area contributed by atoms with E-state index in [-0.39, 0.29) is 41.7 Å². The Morgan fingerprint density at radius 2 is 1.61 bits per heavy atom. The molecule has 16 unspecified atom stereocenters. The van der Waals surface area contributed by atoms with Crippen LogP contribution in [0.15, 0.2) is 103 Å². The number of aliphatic hydroxyl groups is 3. The van der Waals surface area contributed by atoms with Crippen LogP contribution in [0.4, 0.5) is 0 Å². The highest BCUT2D eigenvalue weighted by Crippen LogP contribution is 2.77. The Labute approximate surface area is 441 Å². The van der Waals surface area contributed by atoms with Gasteiger partial charge < -0.3 is 24.8 Å². The monoisotopic (exact) mass is 1000 g/mol. The van der Waals surface area contributed by atoms with Gasteiger partial charge in [-0.25, -0.2) is 4.79 Å². The van der Waals surface area contributed by atoms with Gasteiger partial charge in [0.25, 0.3) is 0 Å². The van der Waals surface area contributed by atoms with E-state index in [4.69, 9.17) is 9.47 Å². The lowest BCUT2D eigenvalue weighted by molar-refractivity contribution is -0.327. The maximum absolute atomic E-state index is 14.1. The molecule has 7 nitrogen and oxygen atoms in total. The van der Waals surface area contributed by atoms with Crippen LogP contribution in [0.25, 0.3) is 10.8 Å². The van der Waals surface area contributed by atoms with Crippen molar-refractivity contribution in [3.8, 4) is 0 Å². The van der Waals surface area contributed by atoms with E-state index in [1.807, 2.05) is 6.92 Å². The molecule has 3 N–H and O–H groups in total. The number of rotatable bonds is 14. The third kappa shape index (κ3) is 7.78. The van der Waals surface area contributed by atoms with E-state index < -0.39 is 46.6 Å². The summed E-state index contributed by atoms with van der Waals surface area (Å²) in [5, 5.41) is 43.6. The number of benzene rings is 4. The summed E-state index contributed by atoms with van der Waals surface area (Å²) in [5.41, 5.74) is 5.41. The molecule has 1 aliphatic heterocycles. The van der Waals surface area contributed by atoms with Gasteiger partial charge in [-0.3, -0.25) is 4.79 Å². The van der Waals surface area contributed by atoms with Crippen LogP contribution in [0.5, 0.6) is 0 Å². The predicted molar refractivity (Wildman–Crippen MR) is 291 cm³/mol. The maximum Gasteiger partial charge on any atom is 0.331 e. The largest absolute Gasteiger partial charge is 0.462 e. The van der Waals surface area contributed by atoms with Crippen molar-refractivity contribution in [3.05, 3.63) is 130 Å². The van der Waals surface area contributed by atoms with Crippen molar-refractivity contribution in [2.45, 2.75) is 203 Å². The lowest BCUT2D eigenvalue weighted by Gasteiger charge is -2.70. The zero-order valence-electron chi connectivity index (χ0n) is 44.9. The van der Waals surface area contributed by atoms with Gasteiger partial charge in [-0.2, -0.15) is 0 Å². The van der Waals surface area contributed by atoms with E-state index in [9.17, 15) is 24.9 Å². The maximum atomic E-state index is 14.1. The van der Waals surface area contributed by atoms with Crippen LogP contribution in [0.3, 0.4) is 0 Å². The standard InChI is InChI=1S/C67H84O7/c1-42(15-13-18-45-16-7-5-8-17-45)24-27-56(69)67-57(70)31-33-63(4,62(67)55(74-44(3)68)37-43(2)66(67,72)36-28-46-38-58(71)73-41-46)50-30-35-64-34-29-48-40-65(49-20-9-6-10-21-49)32-12-11-23-53(65)52-26-25-47-19-14-22-51(54(64)39-50)59(47)60(52)61(48)64/h5-10,14,16-17,19-22,25-26,38,42-43,48,50,53-57,61-62,69-70,72H,11-13,15,18,23-24,27-37,39-41H2,1-4H3. The summed E-state index contributed by atoms with van der Waals surface area (Å²) in [4.78, 5) is 25.9. The summed E-state index contributed by atoms with van der Waals surface area (Å²) in [6.45, 7) is 8.43. The van der Waals surface area contributed by atoms with E-state index >= 15 is 0 Å². The molecule has 0 radical (unpaired) electrons. The summed E-state index contributed by atoms with van der Waals surface area (Å²) in [6, 6.07) is 34.5. The molecule has 5 saturated carbocycles. The summed E-state index contributed by atoms with van der Waals surface area (Å²) in [5.74, 6) is 0.828. The molecule has 16 atom stereocenters. The molecular weight excluding hydrogens is 917 g/mol. The molecule has 0 amide bonds. The number of hydrogen-bond donors (Lipinski definition) is 3. The van der Waals surface area contributed by atoms with Gasteiger partial charge in [0, 0.05) is 24.3 Å². The van der Waals surface area contributed by atoms with Crippen LogP contribution in [0.1, 0.15) is 195 Å². The molecule has 12 rings (SSSR count). The average Bonchev–Trinajstić information content (AvgIpc) is 3.96. The minimum Gasteiger partial charge on any atom is -0.462 e. The zero-order chi connectivity index (χ0) is 51.2. The molecule has 0 bridgehead atoms. The lowest BCUT2D eigenvalue weighted by atomic mass is 9.36. The molecule has 0 aromatic heterocycles. The zero-order valence-corrected chi connectivity index (χ0v) is 44.9. The minimum absolute atomic E-state index is 0.132. The number of cyclic esters (lactones) is 1. The quantitative estimate of drug-likeness (QED) is 0.108. The van der Waals surface area contributed by atoms with Gasteiger partial charge in [-0.1, -0.05) is 131 Å². The van der Waals surface area contributed by atoms with Crippen LogP contribution in [-0.2, 0) is 30.9 Å². The van der Waals surface area contributed by atoms with Gasteiger partial charge in [0.1, 0.15) is 12.7 Å². The third-order valence-corrected chi connectivity index (χ3v) is 23.0. The van der Waals surface area contributed by atoms with Crippen LogP contribution in [-0.4, -0.2) is 57.8 Å². The van der Waals surface area contributed by atoms with E-state index in [1.54, 1.807) is 22.8 Å². The molecule has 4 aromatic carbocycles. The SMILES string of the molecule is CC(=O)OC1CC(C)C(O)(CCC2=CC(=O)OC2)C2(C(O)CCC(C)CCCc3ccccc3)C(O)CCC(C)(C3CCC45CCC6CC7(c8ccccc8)CCCCC7c7ccc8cccc(c8c7C64)C5C3)C12. The van der Waals surface area contributed by atoms with Gasteiger partial charge in [0.2, 0.25) is 0 Å². The first-order chi connectivity index (χ1) is 35.7. The Morgan fingerprint density at radius 3 is 2.38 bits per heavy atom. The van der Waals surface area contributed by atoms with Crippen molar-refractivity contribution in [3.63, 3.8) is 0 Å². The highest BCUT2D eigenvalue weighted by atomic mass is 16.5. The van der Waals surface area contributed by atoms with Crippen molar-refractivity contribution < 1.29 is 34.4 Å². The Balaban J connectivity index is 0.940. The molecule has 1 heterocycles. The summed E-state index contributed by atoms with van der Waals surface area (Å²) >= 11 is 0. The number of aryl methyl sites for hydroxylation is 1. The summed E-state index contributed by atoms with van der Waals surface area (Å²) in [6.07, 6.45) is 17.4. The molecule has 7 aliphatic carbocycles. The summed E-state index contributed by atoms with van der Waals surface area (Å²) < 4.78 is 12.0. The van der Waals surface area contributed by atoms with Gasteiger partial charge in [0.15, 0.2) is 0 Å². The van der Waals surface area contributed by atoms with Crippen LogP contribution in [0.2, 0.25) is 0 Å². The van der Waals surface area contributed by atoms with Crippen molar-refractivity contribution in [2.24, 2.45) is 45.8 Å². The fourth-order valence-corrected chi connectivity index (χ4v) is 20.0. The number of esters is 2. The first-order valence-electron chi connectivity index (χ1n) is 29.5. The second kappa shape index (κ2) is 19.3. The molecule has 0 saturated heterocycles. The van der Waals surface area contributed by atoms with Crippen molar-refractivity contribution in [1.29, 1.82) is 0 Å². The first-order valence-corrected chi connectivity index (χ1v) is 29.5. The molecule has 1 spiro atoms. The molecule has 4 aromatic rings. The number of carbonyl (C=O) groups is 2. The highest BCUT2D eigenvalue weighted by molar-refractivity contribution is 5.93. The third-order valence-electron chi connectivity index (χ3n) is 23.0. The molecule has 7 heteroatoms. The topological polar surface area (TPSA) is 113 Å². The predicted octanol–water partition coefficient (Wildman–Crippen LogP) is 13.7. The summed E-state index contributed by atoms with van der Waals surface area (Å²) in [7, 11) is 0. The Morgan fingerprint density at radius 1 is 0.824 bits per heavy atom. The second-order valence-corrected chi connectivity index (χ2v) is 26.2. The van der Waals surface area contributed by atoms with E-state index in [0.717, 1.165) is 56.9 Å². The fraction of sp³-hybridized carbons (Fsp3) is 0.612. The minimum atomic E-state index is -1.54. The molecular formula is C67H84O7. The van der Waals surface area contributed by atoms with Crippen LogP contribution >= 0.6 is 0 Å². The van der Waals surface area contributed by atoms with Crippen LogP contribution < -0.4 is 0 Å². The van der Waals surface area contributed by atoms with E-state index in [0.29, 0.717) is 55.3 Å². The van der Waals surface area contributed by atoms with Crippen molar-refractivity contribution >= 4 is 22.7 Å². The number of fused-ring (bicyclic) bond motifs is 4. The molecule has 5 fully saturated rings. The normalized spacial score (nSPS) is 38.7. The van der Waals surface area contributed by atoms with Gasteiger partial charge in [-0.05, 0) is 206 Å². The molecule has 74 heavy (non-hydrogen) atoms. The fourth-order valence-electron chi connectivity index (χ4n) is 20.0. The smallest absolute Gasteiger partial charge is 0.331 e. The lowest BCUT2D eigenvalue weighted by Crippen LogP contribution is -2.77. The van der Waals surface area contributed by atoms with Gasteiger partial charge in [-0.15, -0.1) is 0 Å². The number of hydrogen-bond acceptors (Lipinski definition) is 7. The van der Waals surface area contributed by atoms with Gasteiger partial charge >= 0.3 is 11.9 Å². The van der Waals surface area contributed by atoms with Crippen molar-refractivity contribution in [1.82, 2.24) is 0 Å². The van der Waals surface area contributed by atoms with E-state index in [1.165, 1.54) is 73.8 Å². The highest BCUT2D eigenvalue weighted by Gasteiger charge is 2.75. The number of ether oxygens (including phenoxy) is 2. The Hall–Kier alpha value is -4.30. The Kier molecular flexibility index (Phi) is 13.2. The Bertz CT molecular complexity index is 2770. The van der Waals surface area contributed by atoms with Gasteiger partial charge in [0.05, 0.1) is 23.2 Å². The number of carbonyl (C=O) groups excluding carboxylic acids is 2. The van der Waals surface area contributed by atoms with Crippen LogP contribution in [0, 0.1) is 45.8 Å². The van der Waals surface area contributed by atoms with Crippen molar-refractivity contribution in [2.75, 3.05) is 6.61 Å². The molecule has 8 aliphatic rings. The average molecular weight is 1000 g/mol. The molecule has 394 valence electrons. The second-order valence-electron chi connectivity index (χ2n) is 26.2. The number of aliphatic hydroxyl groups excluding tert-OH is 2. The van der Waals surface area contributed by atoms with E-state index in [2.05, 4.69) is 105 Å².